The minimum absolute atomic E-state index is 0.192. The predicted molar refractivity (Wildman–Crippen MR) is 93.5 cm³/mol. The molecule has 0 radical (unpaired) electrons. The van der Waals surface area contributed by atoms with Crippen LogP contribution in [-0.2, 0) is 0 Å². The molecule has 2 heteroatoms. The minimum Gasteiger partial charge on any atom is -0.311 e. The maximum absolute atomic E-state index is 13.0. The third kappa shape index (κ3) is 3.09. The van der Waals surface area contributed by atoms with Crippen molar-refractivity contribution in [3.05, 3.63) is 60.2 Å². The second-order valence-corrected chi connectivity index (χ2v) is 6.97. The van der Waals surface area contributed by atoms with E-state index in [1.807, 2.05) is 30.3 Å². The lowest BCUT2D eigenvalue weighted by Crippen LogP contribution is -2.50. The Kier molecular flexibility index (Phi) is 4.00. The van der Waals surface area contributed by atoms with Gasteiger partial charge in [0.1, 0.15) is 0 Å². The summed E-state index contributed by atoms with van der Waals surface area (Å²) in [4.78, 5) is 13.0. The second kappa shape index (κ2) is 6.29. The number of piperidine rings is 2. The first-order valence-electron chi connectivity index (χ1n) is 8.75. The van der Waals surface area contributed by atoms with Crippen LogP contribution in [-0.4, -0.2) is 17.9 Å². The molecule has 2 bridgehead atoms. The SMILES string of the molecule is O=C(c1cccc(-c2ccccc2)c1)C1CC2CCCC(C1)N2. The topological polar surface area (TPSA) is 29.1 Å². The summed E-state index contributed by atoms with van der Waals surface area (Å²) in [6.07, 6.45) is 5.78. The van der Waals surface area contributed by atoms with Gasteiger partial charge in [0, 0.05) is 23.6 Å². The van der Waals surface area contributed by atoms with Gasteiger partial charge in [-0.2, -0.15) is 0 Å². The van der Waals surface area contributed by atoms with Crippen LogP contribution in [0.2, 0.25) is 0 Å². The Labute approximate surface area is 137 Å². The quantitative estimate of drug-likeness (QED) is 0.848. The smallest absolute Gasteiger partial charge is 0.166 e. The Hall–Kier alpha value is -1.93. The Morgan fingerprint density at radius 2 is 1.57 bits per heavy atom. The van der Waals surface area contributed by atoms with Crippen molar-refractivity contribution < 1.29 is 4.79 Å². The van der Waals surface area contributed by atoms with Crippen molar-refractivity contribution >= 4 is 5.78 Å². The lowest BCUT2D eigenvalue weighted by molar-refractivity contribution is 0.0825. The van der Waals surface area contributed by atoms with Gasteiger partial charge >= 0.3 is 0 Å². The number of hydrogen-bond acceptors (Lipinski definition) is 2. The van der Waals surface area contributed by atoms with E-state index in [1.54, 1.807) is 0 Å². The molecule has 2 aromatic carbocycles. The van der Waals surface area contributed by atoms with Crippen LogP contribution < -0.4 is 5.32 Å². The maximum atomic E-state index is 13.0. The third-order valence-corrected chi connectivity index (χ3v) is 5.34. The lowest BCUT2D eigenvalue weighted by Gasteiger charge is -2.39. The van der Waals surface area contributed by atoms with E-state index in [2.05, 4.69) is 29.6 Å². The maximum Gasteiger partial charge on any atom is 0.166 e. The van der Waals surface area contributed by atoms with E-state index in [0.29, 0.717) is 17.9 Å². The molecule has 1 N–H and O–H groups in total. The molecule has 2 fully saturated rings. The zero-order valence-corrected chi connectivity index (χ0v) is 13.4. The fourth-order valence-corrected chi connectivity index (χ4v) is 4.20. The molecular formula is C21H23NO. The van der Waals surface area contributed by atoms with E-state index in [0.717, 1.165) is 24.0 Å². The molecule has 0 saturated carbocycles. The molecule has 2 aromatic rings. The highest BCUT2D eigenvalue weighted by molar-refractivity contribution is 5.99. The highest BCUT2D eigenvalue weighted by atomic mass is 16.1. The standard InChI is InChI=1S/C21H23NO/c23-21(18-13-19-10-5-11-20(14-18)22-19)17-9-4-8-16(12-17)15-6-2-1-3-7-15/h1-4,6-9,12,18-20,22H,5,10-11,13-14H2. The fourth-order valence-electron chi connectivity index (χ4n) is 4.20. The summed E-state index contributed by atoms with van der Waals surface area (Å²) in [5, 5.41) is 3.67. The van der Waals surface area contributed by atoms with Gasteiger partial charge in [-0.15, -0.1) is 0 Å². The normalized spacial score (nSPS) is 26.7. The molecule has 0 aliphatic carbocycles. The Morgan fingerprint density at radius 1 is 0.870 bits per heavy atom. The number of carbonyl (C=O) groups excluding carboxylic acids is 1. The number of Topliss-reactive ketones (excluding diaryl/α,β-unsaturated/α-hetero) is 1. The van der Waals surface area contributed by atoms with Gasteiger partial charge in [0.2, 0.25) is 0 Å². The number of rotatable bonds is 3. The highest BCUT2D eigenvalue weighted by Gasteiger charge is 2.34. The Morgan fingerprint density at radius 3 is 2.30 bits per heavy atom. The molecule has 2 aliphatic heterocycles. The number of carbonyl (C=O) groups is 1. The number of nitrogens with one attached hydrogen (secondary N) is 1. The van der Waals surface area contributed by atoms with Crippen molar-refractivity contribution in [2.45, 2.75) is 44.2 Å². The van der Waals surface area contributed by atoms with Crippen LogP contribution in [0.5, 0.6) is 0 Å². The van der Waals surface area contributed by atoms with Gasteiger partial charge in [-0.3, -0.25) is 4.79 Å². The number of hydrogen-bond donors (Lipinski definition) is 1. The summed E-state index contributed by atoms with van der Waals surface area (Å²) in [5.74, 6) is 0.527. The molecule has 0 spiro atoms. The summed E-state index contributed by atoms with van der Waals surface area (Å²) in [6.45, 7) is 0. The average Bonchev–Trinajstić information content (AvgIpc) is 2.61. The zero-order chi connectivity index (χ0) is 15.6. The summed E-state index contributed by atoms with van der Waals surface area (Å²) in [7, 11) is 0. The van der Waals surface area contributed by atoms with Crippen molar-refractivity contribution in [2.24, 2.45) is 5.92 Å². The largest absolute Gasteiger partial charge is 0.311 e. The lowest BCUT2D eigenvalue weighted by atomic mass is 9.77. The monoisotopic (exact) mass is 305 g/mol. The first kappa shape index (κ1) is 14.6. The van der Waals surface area contributed by atoms with Crippen LogP contribution in [0.1, 0.15) is 42.5 Å². The molecule has 2 nitrogen and oxygen atoms in total. The van der Waals surface area contributed by atoms with Gasteiger partial charge in [0.05, 0.1) is 0 Å². The van der Waals surface area contributed by atoms with Gasteiger partial charge in [-0.25, -0.2) is 0 Å². The molecule has 2 unspecified atom stereocenters. The van der Waals surface area contributed by atoms with Crippen LogP contribution in [0, 0.1) is 5.92 Å². The van der Waals surface area contributed by atoms with Crippen LogP contribution in [0.3, 0.4) is 0 Å². The molecule has 2 atom stereocenters. The van der Waals surface area contributed by atoms with E-state index >= 15 is 0 Å². The van der Waals surface area contributed by atoms with Crippen molar-refractivity contribution in [1.29, 1.82) is 0 Å². The molecule has 2 heterocycles. The number of benzene rings is 2. The summed E-state index contributed by atoms with van der Waals surface area (Å²) in [5.41, 5.74) is 3.17. The molecule has 0 amide bonds. The van der Waals surface area contributed by atoms with Gasteiger partial charge in [0.25, 0.3) is 0 Å². The average molecular weight is 305 g/mol. The van der Waals surface area contributed by atoms with E-state index < -0.39 is 0 Å². The van der Waals surface area contributed by atoms with Crippen molar-refractivity contribution in [2.75, 3.05) is 0 Å². The molecule has 4 rings (SSSR count). The summed E-state index contributed by atoms with van der Waals surface area (Å²) < 4.78 is 0. The van der Waals surface area contributed by atoms with Crippen LogP contribution in [0.15, 0.2) is 54.6 Å². The summed E-state index contributed by atoms with van der Waals surface area (Å²) >= 11 is 0. The molecule has 2 saturated heterocycles. The second-order valence-electron chi connectivity index (χ2n) is 6.97. The third-order valence-electron chi connectivity index (χ3n) is 5.34. The van der Waals surface area contributed by atoms with Crippen LogP contribution in [0.25, 0.3) is 11.1 Å². The first-order chi connectivity index (χ1) is 11.3. The fraction of sp³-hybridized carbons (Fsp3) is 0.381. The predicted octanol–water partition coefficient (Wildman–Crippen LogP) is 4.46. The molecule has 118 valence electrons. The Balaban J connectivity index is 1.57. The molecule has 23 heavy (non-hydrogen) atoms. The molecule has 0 aromatic heterocycles. The molecule has 2 aliphatic rings. The van der Waals surface area contributed by atoms with E-state index in [-0.39, 0.29) is 5.92 Å². The highest BCUT2D eigenvalue weighted by Crippen LogP contribution is 2.32. The van der Waals surface area contributed by atoms with Crippen LogP contribution >= 0.6 is 0 Å². The van der Waals surface area contributed by atoms with Crippen molar-refractivity contribution in [1.82, 2.24) is 5.32 Å². The minimum atomic E-state index is 0.192. The van der Waals surface area contributed by atoms with Gasteiger partial charge < -0.3 is 5.32 Å². The number of ketones is 1. The van der Waals surface area contributed by atoms with E-state index in [9.17, 15) is 4.79 Å². The zero-order valence-electron chi connectivity index (χ0n) is 13.4. The first-order valence-corrected chi connectivity index (χ1v) is 8.75. The van der Waals surface area contributed by atoms with Crippen LogP contribution in [0.4, 0.5) is 0 Å². The number of fused-ring (bicyclic) bond motifs is 2. The Bertz CT molecular complexity index is 682. The van der Waals surface area contributed by atoms with Crippen molar-refractivity contribution in [3.63, 3.8) is 0 Å². The van der Waals surface area contributed by atoms with Crippen molar-refractivity contribution in [3.8, 4) is 11.1 Å². The van der Waals surface area contributed by atoms with Gasteiger partial charge in [-0.05, 0) is 42.9 Å². The van der Waals surface area contributed by atoms with Gasteiger partial charge in [0.15, 0.2) is 5.78 Å². The van der Waals surface area contributed by atoms with E-state index in [4.69, 9.17) is 0 Å². The summed E-state index contributed by atoms with van der Waals surface area (Å²) in [6, 6.07) is 19.5. The van der Waals surface area contributed by atoms with E-state index in [1.165, 1.54) is 24.8 Å². The molecular weight excluding hydrogens is 282 g/mol. The van der Waals surface area contributed by atoms with Gasteiger partial charge in [-0.1, -0.05) is 55.0 Å².